The van der Waals surface area contributed by atoms with E-state index in [1.165, 1.54) is 11.1 Å². The third-order valence-corrected chi connectivity index (χ3v) is 4.95. The molecule has 1 aliphatic carbocycles. The van der Waals surface area contributed by atoms with Gasteiger partial charge in [-0.1, -0.05) is 30.3 Å². The van der Waals surface area contributed by atoms with Gasteiger partial charge in [0.05, 0.1) is 11.7 Å². The molecule has 0 unspecified atom stereocenters. The molecule has 3 aromatic rings. The quantitative estimate of drug-likeness (QED) is 0.647. The summed E-state index contributed by atoms with van der Waals surface area (Å²) in [7, 11) is 0. The van der Waals surface area contributed by atoms with Gasteiger partial charge in [-0.2, -0.15) is 10.2 Å². The Morgan fingerprint density at radius 1 is 1.26 bits per heavy atom. The third-order valence-electron chi connectivity index (χ3n) is 4.95. The highest BCUT2D eigenvalue weighted by atomic mass is 16.5. The highest BCUT2D eigenvalue weighted by molar-refractivity contribution is 5.67. The van der Waals surface area contributed by atoms with Gasteiger partial charge in [-0.25, -0.2) is 0 Å². The summed E-state index contributed by atoms with van der Waals surface area (Å²) in [4.78, 5) is 4.59. The Bertz CT molecular complexity index is 1030. The molecule has 5 nitrogen and oxygen atoms in total. The van der Waals surface area contributed by atoms with Crippen molar-refractivity contribution < 1.29 is 9.26 Å². The third kappa shape index (κ3) is 3.19. The van der Waals surface area contributed by atoms with Crippen molar-refractivity contribution in [2.24, 2.45) is 0 Å². The van der Waals surface area contributed by atoms with Crippen molar-refractivity contribution in [3.63, 3.8) is 0 Å². The maximum Gasteiger partial charge on any atom is 0.258 e. The lowest BCUT2D eigenvalue weighted by molar-refractivity contribution is 0.242. The molecule has 136 valence electrons. The largest absolute Gasteiger partial charge is 0.490 e. The van der Waals surface area contributed by atoms with Gasteiger partial charge in [0.1, 0.15) is 11.8 Å². The number of benzene rings is 2. The Kier molecular flexibility index (Phi) is 4.41. The topological polar surface area (TPSA) is 71.9 Å². The number of rotatable bonds is 4. The normalized spacial score (nSPS) is 15.6. The summed E-state index contributed by atoms with van der Waals surface area (Å²) in [5, 5.41) is 13.6. The molecule has 0 fully saturated rings. The molecule has 2 aromatic carbocycles. The van der Waals surface area contributed by atoms with Gasteiger partial charge in [0, 0.05) is 11.1 Å². The number of hydrogen-bond acceptors (Lipinski definition) is 5. The summed E-state index contributed by atoms with van der Waals surface area (Å²) in [6.07, 6.45) is 2.19. The van der Waals surface area contributed by atoms with E-state index in [-0.39, 0.29) is 6.10 Å². The van der Waals surface area contributed by atoms with Crippen molar-refractivity contribution in [3.8, 4) is 34.7 Å². The van der Waals surface area contributed by atoms with E-state index < -0.39 is 0 Å². The lowest BCUT2D eigenvalue weighted by atomic mass is 9.99. The van der Waals surface area contributed by atoms with E-state index in [2.05, 4.69) is 35.3 Å². The van der Waals surface area contributed by atoms with Gasteiger partial charge in [-0.15, -0.1) is 0 Å². The van der Waals surface area contributed by atoms with Crippen LogP contribution in [0.1, 0.15) is 49.8 Å². The number of nitrogens with zero attached hydrogens (tertiary/aromatic N) is 3. The fraction of sp³-hybridized carbons (Fsp3) is 0.318. The maximum atomic E-state index is 9.42. The molecule has 1 aliphatic rings. The predicted octanol–water partition coefficient (Wildman–Crippen LogP) is 5.11. The highest BCUT2D eigenvalue weighted by Crippen LogP contribution is 2.38. The van der Waals surface area contributed by atoms with Crippen molar-refractivity contribution in [1.29, 1.82) is 5.26 Å². The van der Waals surface area contributed by atoms with E-state index in [9.17, 15) is 5.26 Å². The van der Waals surface area contributed by atoms with Gasteiger partial charge in [0.2, 0.25) is 5.82 Å². The van der Waals surface area contributed by atoms with E-state index >= 15 is 0 Å². The molecule has 0 saturated heterocycles. The van der Waals surface area contributed by atoms with E-state index in [4.69, 9.17) is 9.26 Å². The minimum atomic E-state index is 0.000486. The van der Waals surface area contributed by atoms with Crippen molar-refractivity contribution >= 4 is 0 Å². The molecule has 0 radical (unpaired) electrons. The van der Waals surface area contributed by atoms with E-state index in [1.54, 1.807) is 12.1 Å². The highest BCUT2D eigenvalue weighted by Gasteiger charge is 2.23. The lowest BCUT2D eigenvalue weighted by Crippen LogP contribution is -2.06. The molecule has 27 heavy (non-hydrogen) atoms. The zero-order valence-electron chi connectivity index (χ0n) is 15.7. The van der Waals surface area contributed by atoms with Crippen LogP contribution in [0.2, 0.25) is 0 Å². The first kappa shape index (κ1) is 17.3. The van der Waals surface area contributed by atoms with Crippen LogP contribution >= 0.6 is 0 Å². The molecule has 0 spiro atoms. The molecule has 0 saturated carbocycles. The SMILES string of the molecule is CC(C)Oc1ccc(-c2nc(-c3cccc4c3CC[C@@H]4C)no2)cc1C#N. The predicted molar refractivity (Wildman–Crippen MR) is 102 cm³/mol. The average molecular weight is 359 g/mol. The average Bonchev–Trinajstić information content (AvgIpc) is 3.29. The Hall–Kier alpha value is -3.13. The smallest absolute Gasteiger partial charge is 0.258 e. The molecule has 0 amide bonds. The number of aromatic nitrogens is 2. The Labute approximate surface area is 158 Å². The van der Waals surface area contributed by atoms with Crippen LogP contribution < -0.4 is 4.74 Å². The fourth-order valence-corrected chi connectivity index (χ4v) is 3.63. The number of ether oxygens (including phenoxy) is 1. The van der Waals surface area contributed by atoms with Crippen LogP contribution in [0.4, 0.5) is 0 Å². The molecule has 0 bridgehead atoms. The second-order valence-electron chi connectivity index (χ2n) is 7.23. The molecule has 0 N–H and O–H groups in total. The summed E-state index contributed by atoms with van der Waals surface area (Å²) in [6, 6.07) is 13.8. The lowest BCUT2D eigenvalue weighted by Gasteiger charge is -2.11. The molecular formula is C22H21N3O2. The molecule has 1 heterocycles. The van der Waals surface area contributed by atoms with Gasteiger partial charge in [0.25, 0.3) is 5.89 Å². The first-order valence-corrected chi connectivity index (χ1v) is 9.24. The summed E-state index contributed by atoms with van der Waals surface area (Å²) in [5.41, 5.74) is 4.89. The van der Waals surface area contributed by atoms with Crippen molar-refractivity contribution in [2.75, 3.05) is 0 Å². The van der Waals surface area contributed by atoms with Gasteiger partial charge in [0.15, 0.2) is 0 Å². The molecular weight excluding hydrogens is 338 g/mol. The molecule has 1 aromatic heterocycles. The van der Waals surface area contributed by atoms with Gasteiger partial charge in [-0.05, 0) is 61.9 Å². The Morgan fingerprint density at radius 3 is 2.89 bits per heavy atom. The van der Waals surface area contributed by atoms with Crippen LogP contribution in [0.5, 0.6) is 5.75 Å². The van der Waals surface area contributed by atoms with Crippen LogP contribution in [-0.4, -0.2) is 16.2 Å². The Morgan fingerprint density at radius 2 is 2.11 bits per heavy atom. The zero-order valence-corrected chi connectivity index (χ0v) is 15.7. The van der Waals surface area contributed by atoms with Gasteiger partial charge >= 0.3 is 0 Å². The minimum absolute atomic E-state index is 0.000486. The van der Waals surface area contributed by atoms with E-state index in [0.717, 1.165) is 18.4 Å². The molecule has 4 rings (SSSR count). The van der Waals surface area contributed by atoms with Crippen LogP contribution in [0.15, 0.2) is 40.9 Å². The van der Waals surface area contributed by atoms with Crippen LogP contribution in [-0.2, 0) is 6.42 Å². The van der Waals surface area contributed by atoms with Crippen molar-refractivity contribution in [1.82, 2.24) is 10.1 Å². The molecule has 1 atom stereocenters. The van der Waals surface area contributed by atoms with Gasteiger partial charge < -0.3 is 9.26 Å². The van der Waals surface area contributed by atoms with Crippen LogP contribution in [0.25, 0.3) is 22.8 Å². The molecule has 5 heteroatoms. The molecule has 0 aliphatic heterocycles. The van der Waals surface area contributed by atoms with Crippen molar-refractivity contribution in [2.45, 2.75) is 45.6 Å². The first-order valence-electron chi connectivity index (χ1n) is 9.24. The van der Waals surface area contributed by atoms with E-state index in [1.807, 2.05) is 26.0 Å². The number of fused-ring (bicyclic) bond motifs is 1. The number of nitriles is 1. The van der Waals surface area contributed by atoms with Gasteiger partial charge in [-0.3, -0.25) is 0 Å². The second kappa shape index (κ2) is 6.88. The summed E-state index contributed by atoms with van der Waals surface area (Å²) < 4.78 is 11.2. The first-order chi connectivity index (χ1) is 13.1. The summed E-state index contributed by atoms with van der Waals surface area (Å²) >= 11 is 0. The zero-order chi connectivity index (χ0) is 19.0. The summed E-state index contributed by atoms with van der Waals surface area (Å²) in [5.74, 6) is 2.13. The minimum Gasteiger partial charge on any atom is -0.490 e. The summed E-state index contributed by atoms with van der Waals surface area (Å²) in [6.45, 7) is 6.11. The monoisotopic (exact) mass is 359 g/mol. The van der Waals surface area contributed by atoms with Crippen LogP contribution in [0.3, 0.4) is 0 Å². The fourth-order valence-electron chi connectivity index (χ4n) is 3.63. The maximum absolute atomic E-state index is 9.42. The van der Waals surface area contributed by atoms with E-state index in [0.29, 0.717) is 34.5 Å². The second-order valence-corrected chi connectivity index (χ2v) is 7.23. The van der Waals surface area contributed by atoms with Crippen molar-refractivity contribution in [3.05, 3.63) is 53.1 Å². The Balaban J connectivity index is 1.69. The number of hydrogen-bond donors (Lipinski definition) is 0. The van der Waals surface area contributed by atoms with Crippen LogP contribution in [0, 0.1) is 11.3 Å². The standard InChI is InChI=1S/C22H21N3O2/c1-13(2)26-20-10-8-15(11-16(20)12-23)22-24-21(25-27-22)19-6-4-5-17-14(3)7-9-18(17)19/h4-6,8,10-11,13-14H,7,9H2,1-3H3/t14-/m0/s1.